The number of hydrogen-bond donors (Lipinski definition) is 2. The summed E-state index contributed by atoms with van der Waals surface area (Å²) in [5.74, 6) is -0.557. The molecule has 7 nitrogen and oxygen atoms in total. The molecular formula is C22H18ClN3O4. The van der Waals surface area contributed by atoms with E-state index >= 15 is 0 Å². The molecule has 0 atom stereocenters. The van der Waals surface area contributed by atoms with Crippen LogP contribution in [0.5, 0.6) is 0 Å². The van der Waals surface area contributed by atoms with Crippen molar-refractivity contribution in [3.63, 3.8) is 0 Å². The number of halogens is 1. The summed E-state index contributed by atoms with van der Waals surface area (Å²) in [5.41, 5.74) is 2.79. The molecule has 0 unspecified atom stereocenters. The molecule has 0 radical (unpaired) electrons. The van der Waals surface area contributed by atoms with Crippen molar-refractivity contribution in [2.24, 2.45) is 0 Å². The number of carbonyl (C=O) groups is 3. The van der Waals surface area contributed by atoms with Gasteiger partial charge in [0.2, 0.25) is 11.7 Å². The Hall–Kier alpha value is -3.71. The Bertz CT molecular complexity index is 1090. The molecule has 2 aromatic carbocycles. The number of rotatable bonds is 3. The fourth-order valence-electron chi connectivity index (χ4n) is 2.67. The van der Waals surface area contributed by atoms with Gasteiger partial charge < -0.3 is 10.1 Å². The lowest BCUT2D eigenvalue weighted by atomic mass is 10.1. The van der Waals surface area contributed by atoms with Crippen molar-refractivity contribution >= 4 is 40.8 Å². The van der Waals surface area contributed by atoms with Gasteiger partial charge in [-0.1, -0.05) is 54.1 Å². The molecule has 1 aliphatic rings. The van der Waals surface area contributed by atoms with E-state index in [1.165, 1.54) is 13.0 Å². The number of anilines is 2. The maximum Gasteiger partial charge on any atom is 0.411 e. The molecule has 2 heterocycles. The molecule has 2 N–H and O–H groups in total. The minimum absolute atomic E-state index is 0.133. The summed E-state index contributed by atoms with van der Waals surface area (Å²) in [6, 6.07) is 19.3. The number of cyclic esters (lactones) is 1. The van der Waals surface area contributed by atoms with Crippen LogP contribution in [-0.4, -0.2) is 22.8 Å². The SMILES string of the molecule is CC(=O)Nc1ccc(Cl)nc1C(=O)c1ccccc1.O=C1Nc2cccc(c2)CO1. The van der Waals surface area contributed by atoms with E-state index in [0.717, 1.165) is 11.3 Å². The first-order chi connectivity index (χ1) is 14.4. The van der Waals surface area contributed by atoms with E-state index in [-0.39, 0.29) is 28.6 Å². The van der Waals surface area contributed by atoms with E-state index in [1.807, 2.05) is 30.3 Å². The Morgan fingerprint density at radius 1 is 1.07 bits per heavy atom. The molecule has 3 aromatic rings. The molecule has 2 amide bonds. The average Bonchev–Trinajstić information content (AvgIpc) is 2.86. The molecule has 0 aliphatic carbocycles. The van der Waals surface area contributed by atoms with Crippen molar-refractivity contribution in [1.82, 2.24) is 4.98 Å². The lowest BCUT2D eigenvalue weighted by molar-refractivity contribution is -0.114. The van der Waals surface area contributed by atoms with Gasteiger partial charge >= 0.3 is 6.09 Å². The molecule has 0 saturated heterocycles. The zero-order valence-electron chi connectivity index (χ0n) is 16.0. The highest BCUT2D eigenvalue weighted by Gasteiger charge is 2.16. The number of amides is 2. The number of hydrogen-bond acceptors (Lipinski definition) is 5. The van der Waals surface area contributed by atoms with Gasteiger partial charge in [0.1, 0.15) is 17.5 Å². The number of ether oxygens (including phenoxy) is 1. The third-order valence-corrected chi connectivity index (χ3v) is 4.18. The summed E-state index contributed by atoms with van der Waals surface area (Å²) in [4.78, 5) is 38.2. The van der Waals surface area contributed by atoms with Gasteiger partial charge in [0, 0.05) is 18.2 Å². The van der Waals surface area contributed by atoms with Crippen LogP contribution in [0.4, 0.5) is 16.2 Å². The van der Waals surface area contributed by atoms with E-state index < -0.39 is 0 Å². The minimum Gasteiger partial charge on any atom is -0.444 e. The second kappa shape index (κ2) is 9.67. The van der Waals surface area contributed by atoms with Gasteiger partial charge in [-0.3, -0.25) is 14.9 Å². The van der Waals surface area contributed by atoms with Gasteiger partial charge in [0.05, 0.1) is 5.69 Å². The molecule has 1 aliphatic heterocycles. The molecule has 1 aromatic heterocycles. The quantitative estimate of drug-likeness (QED) is 0.471. The normalized spacial score (nSPS) is 11.7. The van der Waals surface area contributed by atoms with Crippen LogP contribution in [-0.2, 0) is 16.1 Å². The molecule has 0 saturated carbocycles. The number of ketones is 1. The number of nitrogens with zero attached hydrogens (tertiary/aromatic N) is 1. The third-order valence-electron chi connectivity index (χ3n) is 3.97. The molecule has 30 heavy (non-hydrogen) atoms. The molecule has 2 bridgehead atoms. The van der Waals surface area contributed by atoms with Gasteiger partial charge in [0.25, 0.3) is 0 Å². The lowest BCUT2D eigenvalue weighted by Gasteiger charge is -2.08. The second-order valence-corrected chi connectivity index (χ2v) is 6.70. The number of fused-ring (bicyclic) bond motifs is 2. The summed E-state index contributed by atoms with van der Waals surface area (Å²) in [7, 11) is 0. The highest BCUT2D eigenvalue weighted by Crippen LogP contribution is 2.20. The predicted octanol–water partition coefficient (Wildman–Crippen LogP) is 4.67. The minimum atomic E-state index is -0.383. The molecule has 0 spiro atoms. The Labute approximate surface area is 178 Å². The summed E-state index contributed by atoms with van der Waals surface area (Å²) in [6.07, 6.45) is -0.383. The van der Waals surface area contributed by atoms with Crippen molar-refractivity contribution in [2.45, 2.75) is 13.5 Å². The number of carbonyl (C=O) groups excluding carboxylic acids is 3. The summed E-state index contributed by atoms with van der Waals surface area (Å²) in [6.45, 7) is 1.73. The standard InChI is InChI=1S/C14H11ClN2O2.C8H7NO2/c1-9(18)16-11-7-8-12(15)17-13(11)14(19)10-5-3-2-4-6-10;10-8-9-7-3-1-2-6(4-7)5-11-8/h2-8H,1H3,(H,16,18);1-4H,5H2,(H,9,10). The molecule has 152 valence electrons. The van der Waals surface area contributed by atoms with E-state index in [2.05, 4.69) is 15.6 Å². The maximum absolute atomic E-state index is 12.3. The van der Waals surface area contributed by atoms with E-state index in [9.17, 15) is 14.4 Å². The first-order valence-corrected chi connectivity index (χ1v) is 9.37. The van der Waals surface area contributed by atoms with Gasteiger partial charge in [-0.15, -0.1) is 0 Å². The Balaban J connectivity index is 0.000000196. The van der Waals surface area contributed by atoms with Gasteiger partial charge in [-0.05, 0) is 29.8 Å². The van der Waals surface area contributed by atoms with Crippen LogP contribution < -0.4 is 10.6 Å². The van der Waals surface area contributed by atoms with Crippen LogP contribution in [0.3, 0.4) is 0 Å². The van der Waals surface area contributed by atoms with Crippen molar-refractivity contribution in [2.75, 3.05) is 10.6 Å². The van der Waals surface area contributed by atoms with E-state index in [4.69, 9.17) is 16.3 Å². The predicted molar refractivity (Wildman–Crippen MR) is 114 cm³/mol. The Morgan fingerprint density at radius 3 is 2.57 bits per heavy atom. The summed E-state index contributed by atoms with van der Waals surface area (Å²) >= 11 is 5.81. The number of aromatic nitrogens is 1. The Kier molecular flexibility index (Phi) is 6.77. The number of nitrogens with one attached hydrogen (secondary N) is 2. The third kappa shape index (κ3) is 5.65. The highest BCUT2D eigenvalue weighted by molar-refractivity contribution is 6.30. The van der Waals surface area contributed by atoms with Crippen LogP contribution in [0.2, 0.25) is 5.15 Å². The van der Waals surface area contributed by atoms with Crippen LogP contribution >= 0.6 is 11.6 Å². The fourth-order valence-corrected chi connectivity index (χ4v) is 2.81. The monoisotopic (exact) mass is 423 g/mol. The average molecular weight is 424 g/mol. The van der Waals surface area contributed by atoms with Crippen LogP contribution in [0.1, 0.15) is 28.5 Å². The van der Waals surface area contributed by atoms with E-state index in [0.29, 0.717) is 17.9 Å². The fraction of sp³-hybridized carbons (Fsp3) is 0.0909. The smallest absolute Gasteiger partial charge is 0.411 e. The summed E-state index contributed by atoms with van der Waals surface area (Å²) in [5, 5.41) is 5.36. The van der Waals surface area contributed by atoms with Crippen LogP contribution in [0.25, 0.3) is 0 Å². The lowest BCUT2D eigenvalue weighted by Crippen LogP contribution is -2.13. The highest BCUT2D eigenvalue weighted by atomic mass is 35.5. The molecule has 4 rings (SSSR count). The number of pyridine rings is 1. The Morgan fingerprint density at radius 2 is 1.83 bits per heavy atom. The zero-order valence-corrected chi connectivity index (χ0v) is 16.8. The van der Waals surface area contributed by atoms with E-state index in [1.54, 1.807) is 30.3 Å². The first kappa shape index (κ1) is 21.0. The van der Waals surface area contributed by atoms with Crippen molar-refractivity contribution in [3.05, 3.63) is 88.7 Å². The largest absolute Gasteiger partial charge is 0.444 e. The van der Waals surface area contributed by atoms with Crippen LogP contribution in [0.15, 0.2) is 66.7 Å². The molecule has 0 fully saturated rings. The van der Waals surface area contributed by atoms with Gasteiger partial charge in [0.15, 0.2) is 0 Å². The zero-order chi connectivity index (χ0) is 21.5. The second-order valence-electron chi connectivity index (χ2n) is 6.31. The van der Waals surface area contributed by atoms with Crippen molar-refractivity contribution in [1.29, 1.82) is 0 Å². The maximum atomic E-state index is 12.3. The van der Waals surface area contributed by atoms with Gasteiger partial charge in [-0.2, -0.15) is 0 Å². The first-order valence-electron chi connectivity index (χ1n) is 8.99. The van der Waals surface area contributed by atoms with Crippen molar-refractivity contribution in [3.8, 4) is 0 Å². The summed E-state index contributed by atoms with van der Waals surface area (Å²) < 4.78 is 4.81. The molecular weight excluding hydrogens is 406 g/mol. The van der Waals surface area contributed by atoms with Crippen molar-refractivity contribution < 1.29 is 19.1 Å². The van der Waals surface area contributed by atoms with Gasteiger partial charge in [-0.25, -0.2) is 9.78 Å². The van der Waals surface area contributed by atoms with Crippen LogP contribution in [0, 0.1) is 0 Å². The topological polar surface area (TPSA) is 97.4 Å². The molecule has 8 heteroatoms. The number of benzene rings is 2.